The Morgan fingerprint density at radius 3 is 2.47 bits per heavy atom. The van der Waals surface area contributed by atoms with Crippen LogP contribution in [0.1, 0.15) is 95.7 Å². The molecule has 292 valence electrons. The summed E-state index contributed by atoms with van der Waals surface area (Å²) in [4.78, 5) is 41.4. The molecule has 3 aromatic carbocycles. The molecule has 0 aliphatic heterocycles. The van der Waals surface area contributed by atoms with Crippen LogP contribution in [0.2, 0.25) is 0 Å². The van der Waals surface area contributed by atoms with E-state index in [0.717, 1.165) is 47.3 Å². The van der Waals surface area contributed by atoms with Gasteiger partial charge in [0.05, 0.1) is 29.9 Å². The van der Waals surface area contributed by atoms with Gasteiger partial charge in [0.25, 0.3) is 5.91 Å². The fourth-order valence-corrected chi connectivity index (χ4v) is 11.3. The van der Waals surface area contributed by atoms with Gasteiger partial charge in [0, 0.05) is 23.9 Å². The first-order valence-corrected chi connectivity index (χ1v) is 20.3. The molecule has 1 amide bonds. The minimum absolute atomic E-state index is 0.0439. The lowest BCUT2D eigenvalue weighted by Crippen LogP contribution is -2.64. The van der Waals surface area contributed by atoms with Gasteiger partial charge in [0.2, 0.25) is 5.76 Å². The van der Waals surface area contributed by atoms with Crippen molar-refractivity contribution in [2.45, 2.75) is 83.5 Å². The van der Waals surface area contributed by atoms with Crippen molar-refractivity contribution in [1.29, 1.82) is 0 Å². The van der Waals surface area contributed by atoms with Crippen LogP contribution in [0.25, 0.3) is 11.8 Å². The summed E-state index contributed by atoms with van der Waals surface area (Å²) in [5.41, 5.74) is 4.40. The van der Waals surface area contributed by atoms with Gasteiger partial charge in [-0.15, -0.1) is 0 Å². The molecular formula is C48H49N3O6. The van der Waals surface area contributed by atoms with Crippen LogP contribution < -0.4 is 5.32 Å². The Morgan fingerprint density at radius 1 is 0.947 bits per heavy atom. The van der Waals surface area contributed by atoms with Gasteiger partial charge in [-0.3, -0.25) is 9.59 Å². The smallest absolute Gasteiger partial charge is 0.375 e. The molecule has 4 aliphatic rings. The fraction of sp³-hybridized carbons (Fsp3) is 0.375. The van der Waals surface area contributed by atoms with Crippen molar-refractivity contribution < 1.29 is 28.6 Å². The number of ketones is 1. The number of esters is 1. The summed E-state index contributed by atoms with van der Waals surface area (Å²) in [6.45, 7) is 4.64. The van der Waals surface area contributed by atoms with Gasteiger partial charge in [0.1, 0.15) is 0 Å². The molecule has 2 N–H and O–H groups in total. The molecule has 2 aromatic heterocycles. The normalized spacial score (nSPS) is 28.6. The van der Waals surface area contributed by atoms with E-state index < -0.39 is 23.1 Å². The minimum atomic E-state index is -1.49. The van der Waals surface area contributed by atoms with Crippen LogP contribution in [-0.2, 0) is 28.9 Å². The van der Waals surface area contributed by atoms with Gasteiger partial charge in [-0.05, 0) is 115 Å². The number of hydrogen-bond acceptors (Lipinski definition) is 7. The van der Waals surface area contributed by atoms with E-state index in [1.54, 1.807) is 12.1 Å². The fourth-order valence-electron chi connectivity index (χ4n) is 11.3. The monoisotopic (exact) mass is 763 g/mol. The van der Waals surface area contributed by atoms with Gasteiger partial charge in [0.15, 0.2) is 11.4 Å². The van der Waals surface area contributed by atoms with E-state index in [4.69, 9.17) is 14.3 Å². The molecule has 0 saturated heterocycles. The van der Waals surface area contributed by atoms with Crippen LogP contribution in [0.15, 0.2) is 120 Å². The molecule has 4 aliphatic carbocycles. The number of aromatic nitrogens is 2. The first kappa shape index (κ1) is 37.1. The van der Waals surface area contributed by atoms with E-state index in [9.17, 15) is 19.5 Å². The number of carbonyl (C=O) groups is 3. The minimum Gasteiger partial charge on any atom is -0.457 e. The van der Waals surface area contributed by atoms with E-state index in [-0.39, 0.29) is 40.6 Å². The van der Waals surface area contributed by atoms with Crippen LogP contribution in [0.4, 0.5) is 0 Å². The highest BCUT2D eigenvalue weighted by atomic mass is 16.6. The largest absolute Gasteiger partial charge is 0.457 e. The average molecular weight is 764 g/mol. The van der Waals surface area contributed by atoms with E-state index >= 15 is 0 Å². The molecule has 2 heterocycles. The number of rotatable bonds is 10. The van der Waals surface area contributed by atoms with Crippen molar-refractivity contribution in [2.24, 2.45) is 28.6 Å². The SMILES string of the molecule is C[C@]12Cc3cnn(-c4cccc(C(=O)CCc5ccccc5)c4)c3C=C1CCC1C2C(O)C[C@@]2(C)C1CC[C@]2(OC(=O)c1ccco1)C(=O)NCc1ccccc1. The number of furan rings is 1. The Labute approximate surface area is 333 Å². The number of hydrogen-bond donors (Lipinski definition) is 2. The van der Waals surface area contributed by atoms with Crippen LogP contribution in [0.3, 0.4) is 0 Å². The first-order chi connectivity index (χ1) is 27.6. The number of fused-ring (bicyclic) bond motifs is 6. The maximum absolute atomic E-state index is 14.5. The van der Waals surface area contributed by atoms with Crippen molar-refractivity contribution in [3.8, 4) is 5.69 Å². The number of Topliss-reactive ketones (excluding diaryl/α,β-unsaturated/α-hetero) is 1. The Hall–Kier alpha value is -5.54. The van der Waals surface area contributed by atoms with E-state index in [1.807, 2.05) is 95.8 Å². The van der Waals surface area contributed by atoms with Gasteiger partial charge in [-0.1, -0.05) is 92.2 Å². The highest BCUT2D eigenvalue weighted by Crippen LogP contribution is 2.68. The van der Waals surface area contributed by atoms with Crippen molar-refractivity contribution in [3.63, 3.8) is 0 Å². The number of amides is 1. The van der Waals surface area contributed by atoms with Crippen molar-refractivity contribution in [2.75, 3.05) is 0 Å². The molecular weight excluding hydrogens is 715 g/mol. The van der Waals surface area contributed by atoms with Gasteiger partial charge in [-0.25, -0.2) is 9.48 Å². The highest BCUT2D eigenvalue weighted by Gasteiger charge is 2.71. The Balaban J connectivity index is 0.982. The number of ether oxygens (including phenoxy) is 1. The molecule has 7 atom stereocenters. The zero-order chi connectivity index (χ0) is 39.4. The summed E-state index contributed by atoms with van der Waals surface area (Å²) in [7, 11) is 0. The Morgan fingerprint density at radius 2 is 1.72 bits per heavy atom. The number of allylic oxidation sites excluding steroid dienone is 1. The summed E-state index contributed by atoms with van der Waals surface area (Å²) in [6.07, 6.45) is 9.83. The molecule has 9 nitrogen and oxygen atoms in total. The third-order valence-electron chi connectivity index (χ3n) is 14.1. The third-order valence-corrected chi connectivity index (χ3v) is 14.1. The number of carbonyl (C=O) groups excluding carboxylic acids is 3. The molecule has 0 radical (unpaired) electrons. The molecule has 9 rings (SSSR count). The summed E-state index contributed by atoms with van der Waals surface area (Å²) in [5, 5.41) is 20.4. The van der Waals surface area contributed by atoms with E-state index in [1.165, 1.54) is 11.8 Å². The zero-order valence-corrected chi connectivity index (χ0v) is 32.5. The van der Waals surface area contributed by atoms with Crippen molar-refractivity contribution >= 4 is 23.7 Å². The molecule has 4 unspecified atom stereocenters. The van der Waals surface area contributed by atoms with Crippen LogP contribution in [0, 0.1) is 28.6 Å². The van der Waals surface area contributed by atoms with Gasteiger partial charge >= 0.3 is 5.97 Å². The van der Waals surface area contributed by atoms with Crippen LogP contribution in [0.5, 0.6) is 0 Å². The highest BCUT2D eigenvalue weighted by molar-refractivity contribution is 5.96. The Kier molecular flexibility index (Phi) is 9.39. The maximum atomic E-state index is 14.5. The number of aryl methyl sites for hydroxylation is 1. The maximum Gasteiger partial charge on any atom is 0.375 e. The first-order valence-electron chi connectivity index (χ1n) is 20.3. The summed E-state index contributed by atoms with van der Waals surface area (Å²) >= 11 is 0. The predicted octanol–water partition coefficient (Wildman–Crippen LogP) is 8.35. The lowest BCUT2D eigenvalue weighted by Gasteiger charge is -2.60. The van der Waals surface area contributed by atoms with Crippen LogP contribution in [-0.4, -0.2) is 44.3 Å². The molecule has 5 aromatic rings. The second-order valence-electron chi connectivity index (χ2n) is 17.1. The predicted molar refractivity (Wildman–Crippen MR) is 215 cm³/mol. The number of aliphatic hydroxyl groups excluding tert-OH is 1. The quantitative estimate of drug-likeness (QED) is 0.108. The molecule has 57 heavy (non-hydrogen) atoms. The lowest BCUT2D eigenvalue weighted by molar-refractivity contribution is -0.182. The van der Waals surface area contributed by atoms with Crippen molar-refractivity contribution in [3.05, 3.63) is 149 Å². The number of nitrogens with one attached hydrogen (secondary N) is 1. The lowest BCUT2D eigenvalue weighted by atomic mass is 9.45. The number of nitrogens with zero attached hydrogens (tertiary/aromatic N) is 2. The average Bonchev–Trinajstić information content (AvgIpc) is 3.97. The number of benzene rings is 3. The summed E-state index contributed by atoms with van der Waals surface area (Å²) in [5.74, 6) is -0.753. The number of aliphatic hydroxyl groups is 1. The Bertz CT molecular complexity index is 2330. The molecule has 3 saturated carbocycles. The van der Waals surface area contributed by atoms with E-state index in [2.05, 4.69) is 25.2 Å². The van der Waals surface area contributed by atoms with E-state index in [0.29, 0.717) is 44.2 Å². The van der Waals surface area contributed by atoms with Crippen molar-refractivity contribution in [1.82, 2.24) is 15.1 Å². The second-order valence-corrected chi connectivity index (χ2v) is 17.1. The molecule has 0 spiro atoms. The summed E-state index contributed by atoms with van der Waals surface area (Å²) < 4.78 is 13.7. The molecule has 3 fully saturated rings. The van der Waals surface area contributed by atoms with Gasteiger partial charge < -0.3 is 19.6 Å². The third kappa shape index (κ3) is 6.27. The standard InChI is InChI=1S/C48H49N3O6/c1-46-27-34-30-50-51(36-16-9-15-33(25-36)40(52)21-18-31-11-5-3-6-12-31)39(34)26-35(46)19-20-37-38-22-23-48(47(38,2)28-41(53)43(37)46,57-44(54)42-17-10-24-56-42)45(55)49-29-32-13-7-4-8-14-32/h3-17,24-26,30,37-38,41,43,53H,18-23,27-29H2,1-2H3,(H,49,55)/t37?,38?,41?,43?,46-,47-,48-/m0/s1. The molecule has 9 heteroatoms. The second kappa shape index (κ2) is 14.4. The zero-order valence-electron chi connectivity index (χ0n) is 32.5. The van der Waals surface area contributed by atoms with Crippen LogP contribution >= 0.6 is 0 Å². The van der Waals surface area contributed by atoms with Gasteiger partial charge in [-0.2, -0.15) is 5.10 Å². The molecule has 0 bridgehead atoms. The summed E-state index contributed by atoms with van der Waals surface area (Å²) in [6, 6.07) is 30.7. The topological polar surface area (TPSA) is 124 Å².